The predicted octanol–water partition coefficient (Wildman–Crippen LogP) is 4.19. The molecule has 2 aromatic carbocycles. The molecule has 0 bridgehead atoms. The molecule has 0 saturated carbocycles. The molecule has 0 nitrogen and oxygen atoms in total. The SMILES string of the molecule is Fc1cc(F)c(-c2c(F)ccc(F)c2F)c(F)c1. The van der Waals surface area contributed by atoms with Gasteiger partial charge in [0.1, 0.15) is 23.3 Å². The molecular weight excluding hydrogens is 258 g/mol. The summed E-state index contributed by atoms with van der Waals surface area (Å²) >= 11 is 0. The summed E-state index contributed by atoms with van der Waals surface area (Å²) in [5.74, 6) is -8.83. The van der Waals surface area contributed by atoms with Crippen LogP contribution in [0.1, 0.15) is 0 Å². The minimum Gasteiger partial charge on any atom is -0.207 e. The lowest BCUT2D eigenvalue weighted by molar-refractivity contribution is 0.493. The molecular formula is C12H4F6. The lowest BCUT2D eigenvalue weighted by Crippen LogP contribution is -2.00. The van der Waals surface area contributed by atoms with Crippen LogP contribution in [0.4, 0.5) is 26.3 Å². The molecule has 0 aliphatic heterocycles. The first kappa shape index (κ1) is 12.5. The maximum absolute atomic E-state index is 13.4. The summed E-state index contributed by atoms with van der Waals surface area (Å²) in [6, 6.07) is 1.51. The van der Waals surface area contributed by atoms with Gasteiger partial charge in [-0.15, -0.1) is 0 Å². The van der Waals surface area contributed by atoms with Gasteiger partial charge in [0.05, 0.1) is 11.1 Å². The summed E-state index contributed by atoms with van der Waals surface area (Å²) in [5, 5.41) is 0. The van der Waals surface area contributed by atoms with Crippen molar-refractivity contribution in [2.75, 3.05) is 0 Å². The van der Waals surface area contributed by atoms with Gasteiger partial charge in [0.15, 0.2) is 11.6 Å². The van der Waals surface area contributed by atoms with E-state index in [2.05, 4.69) is 0 Å². The number of rotatable bonds is 1. The highest BCUT2D eigenvalue weighted by Crippen LogP contribution is 2.32. The first-order valence-electron chi connectivity index (χ1n) is 4.70. The van der Waals surface area contributed by atoms with Crippen LogP contribution in [0.15, 0.2) is 24.3 Å². The van der Waals surface area contributed by atoms with Crippen LogP contribution in [-0.2, 0) is 0 Å². The van der Waals surface area contributed by atoms with E-state index in [4.69, 9.17) is 0 Å². The van der Waals surface area contributed by atoms with Gasteiger partial charge in [-0.3, -0.25) is 0 Å². The van der Waals surface area contributed by atoms with Crippen LogP contribution in [0.3, 0.4) is 0 Å². The van der Waals surface area contributed by atoms with E-state index in [0.717, 1.165) is 0 Å². The third-order valence-corrected chi connectivity index (χ3v) is 2.30. The highest BCUT2D eigenvalue weighted by Gasteiger charge is 2.22. The minimum atomic E-state index is -1.74. The molecule has 0 aliphatic rings. The largest absolute Gasteiger partial charge is 0.207 e. The molecule has 18 heavy (non-hydrogen) atoms. The topological polar surface area (TPSA) is 0 Å². The highest BCUT2D eigenvalue weighted by atomic mass is 19.2. The Kier molecular flexibility index (Phi) is 3.02. The summed E-state index contributed by atoms with van der Waals surface area (Å²) in [6.45, 7) is 0. The average Bonchev–Trinajstić information content (AvgIpc) is 2.27. The number of hydrogen-bond acceptors (Lipinski definition) is 0. The van der Waals surface area contributed by atoms with Crippen LogP contribution in [0.2, 0.25) is 0 Å². The molecule has 0 aromatic heterocycles. The zero-order valence-corrected chi connectivity index (χ0v) is 8.58. The van der Waals surface area contributed by atoms with Crippen molar-refractivity contribution in [3.63, 3.8) is 0 Å². The van der Waals surface area contributed by atoms with Crippen LogP contribution < -0.4 is 0 Å². The quantitative estimate of drug-likeness (QED) is 0.534. The van der Waals surface area contributed by atoms with Crippen molar-refractivity contribution in [2.24, 2.45) is 0 Å². The molecule has 0 atom stereocenters. The van der Waals surface area contributed by atoms with Crippen LogP contribution in [0.25, 0.3) is 11.1 Å². The summed E-state index contributed by atoms with van der Waals surface area (Å²) in [7, 11) is 0. The zero-order valence-electron chi connectivity index (χ0n) is 8.58. The minimum absolute atomic E-state index is 0.252. The molecule has 0 amide bonds. The molecule has 0 spiro atoms. The third-order valence-electron chi connectivity index (χ3n) is 2.30. The van der Waals surface area contributed by atoms with Crippen LogP contribution in [-0.4, -0.2) is 0 Å². The van der Waals surface area contributed by atoms with E-state index < -0.39 is 46.0 Å². The van der Waals surface area contributed by atoms with Gasteiger partial charge in [0.25, 0.3) is 0 Å². The zero-order chi connectivity index (χ0) is 13.4. The lowest BCUT2D eigenvalue weighted by Gasteiger charge is -2.08. The third kappa shape index (κ3) is 1.94. The van der Waals surface area contributed by atoms with Gasteiger partial charge in [-0.25, -0.2) is 26.3 Å². The van der Waals surface area contributed by atoms with Crippen LogP contribution >= 0.6 is 0 Å². The van der Waals surface area contributed by atoms with Crippen molar-refractivity contribution in [3.05, 3.63) is 59.2 Å². The Morgan fingerprint density at radius 3 is 1.61 bits per heavy atom. The summed E-state index contributed by atoms with van der Waals surface area (Å²) in [4.78, 5) is 0. The Morgan fingerprint density at radius 2 is 1.06 bits per heavy atom. The highest BCUT2D eigenvalue weighted by molar-refractivity contribution is 5.66. The molecule has 0 N–H and O–H groups in total. The van der Waals surface area contributed by atoms with E-state index in [9.17, 15) is 26.3 Å². The van der Waals surface area contributed by atoms with Crippen molar-refractivity contribution in [2.45, 2.75) is 0 Å². The van der Waals surface area contributed by atoms with E-state index in [1.165, 1.54) is 0 Å². The van der Waals surface area contributed by atoms with Crippen LogP contribution in [0.5, 0.6) is 0 Å². The summed E-state index contributed by atoms with van der Waals surface area (Å²) in [6.07, 6.45) is 0. The van der Waals surface area contributed by atoms with Crippen molar-refractivity contribution >= 4 is 0 Å². The fourth-order valence-electron chi connectivity index (χ4n) is 1.54. The number of hydrogen-bond donors (Lipinski definition) is 0. The fourth-order valence-corrected chi connectivity index (χ4v) is 1.54. The second-order valence-corrected chi connectivity index (χ2v) is 3.46. The standard InChI is InChI=1S/C12H4F6/c13-5-3-8(16)10(9(17)4-5)11-6(14)1-2-7(15)12(11)18/h1-4H. The Bertz CT molecular complexity index is 597. The maximum Gasteiger partial charge on any atom is 0.169 e. The normalized spacial score (nSPS) is 10.8. The molecule has 0 unspecified atom stereocenters. The van der Waals surface area contributed by atoms with Crippen molar-refractivity contribution < 1.29 is 26.3 Å². The number of benzene rings is 2. The smallest absolute Gasteiger partial charge is 0.169 e. The lowest BCUT2D eigenvalue weighted by atomic mass is 10.0. The molecule has 94 valence electrons. The van der Waals surface area contributed by atoms with Gasteiger partial charge in [0, 0.05) is 12.1 Å². The molecule has 0 radical (unpaired) electrons. The van der Waals surface area contributed by atoms with Gasteiger partial charge in [0.2, 0.25) is 0 Å². The average molecular weight is 262 g/mol. The summed E-state index contributed by atoms with van der Waals surface area (Å²) < 4.78 is 79.0. The van der Waals surface area contributed by atoms with Gasteiger partial charge in [-0.1, -0.05) is 0 Å². The maximum atomic E-state index is 13.4. The Balaban J connectivity index is 2.81. The Hall–Kier alpha value is -1.98. The van der Waals surface area contributed by atoms with Crippen molar-refractivity contribution in [1.29, 1.82) is 0 Å². The van der Waals surface area contributed by atoms with Crippen LogP contribution in [0, 0.1) is 34.9 Å². The monoisotopic (exact) mass is 262 g/mol. The summed E-state index contributed by atoms with van der Waals surface area (Å²) in [5.41, 5.74) is -2.35. The first-order valence-corrected chi connectivity index (χ1v) is 4.70. The van der Waals surface area contributed by atoms with Gasteiger partial charge in [-0.2, -0.15) is 0 Å². The Labute approximate surface area is 97.5 Å². The number of halogens is 6. The van der Waals surface area contributed by atoms with E-state index >= 15 is 0 Å². The molecule has 2 aromatic rings. The van der Waals surface area contributed by atoms with E-state index in [1.807, 2.05) is 0 Å². The second-order valence-electron chi connectivity index (χ2n) is 3.46. The van der Waals surface area contributed by atoms with E-state index in [-0.39, 0.29) is 12.1 Å². The van der Waals surface area contributed by atoms with E-state index in [1.54, 1.807) is 0 Å². The fraction of sp³-hybridized carbons (Fsp3) is 0. The Morgan fingerprint density at radius 1 is 0.556 bits per heavy atom. The molecule has 0 saturated heterocycles. The molecule has 2 rings (SSSR count). The second kappa shape index (κ2) is 4.36. The van der Waals surface area contributed by atoms with Gasteiger partial charge >= 0.3 is 0 Å². The molecule has 0 heterocycles. The van der Waals surface area contributed by atoms with Crippen molar-refractivity contribution in [3.8, 4) is 11.1 Å². The van der Waals surface area contributed by atoms with Crippen molar-refractivity contribution in [1.82, 2.24) is 0 Å². The molecule has 0 fully saturated rings. The molecule has 0 aliphatic carbocycles. The van der Waals surface area contributed by atoms with E-state index in [0.29, 0.717) is 12.1 Å². The first-order chi connectivity index (χ1) is 8.41. The predicted molar refractivity (Wildman–Crippen MR) is 51.6 cm³/mol. The van der Waals surface area contributed by atoms with Gasteiger partial charge in [-0.05, 0) is 12.1 Å². The molecule has 6 heteroatoms. The van der Waals surface area contributed by atoms with Gasteiger partial charge < -0.3 is 0 Å².